The zero-order valence-corrected chi connectivity index (χ0v) is 6.63. The number of fused-ring (bicyclic) bond motifs is 1. The van der Waals surface area contributed by atoms with Crippen LogP contribution in [-0.4, -0.2) is 8.42 Å². The van der Waals surface area contributed by atoms with Gasteiger partial charge in [0, 0.05) is 11.4 Å². The molecule has 54 valence electrons. The Morgan fingerprint density at radius 1 is 1.60 bits per heavy atom. The number of nitrogens with one attached hydrogen (secondary N) is 1. The van der Waals surface area contributed by atoms with Crippen LogP contribution in [0.2, 0.25) is 0 Å². The minimum atomic E-state index is -3.10. The second-order valence-corrected chi connectivity index (χ2v) is 4.77. The average Bonchev–Trinajstić information content (AvgIpc) is 2.36. The maximum absolute atomic E-state index is 11.0. The van der Waals surface area contributed by atoms with Crippen LogP contribution in [0, 0.1) is 0 Å². The van der Waals surface area contributed by atoms with Crippen molar-refractivity contribution in [1.29, 1.82) is 0 Å². The van der Waals surface area contributed by atoms with Crippen molar-refractivity contribution in [3.8, 4) is 0 Å². The van der Waals surface area contributed by atoms with Gasteiger partial charge in [0.2, 0.25) is 10.0 Å². The van der Waals surface area contributed by atoms with Crippen molar-refractivity contribution in [1.82, 2.24) is 4.72 Å². The number of sulfonamides is 1. The first-order valence-electron chi connectivity index (χ1n) is 2.76. The van der Waals surface area contributed by atoms with Gasteiger partial charge in [0.05, 0.1) is 4.90 Å². The lowest BCUT2D eigenvalue weighted by molar-refractivity contribution is 0.589. The topological polar surface area (TPSA) is 46.2 Å². The zero-order chi connectivity index (χ0) is 7.19. The highest BCUT2D eigenvalue weighted by molar-refractivity contribution is 7.90. The molecule has 0 bridgehead atoms. The lowest BCUT2D eigenvalue weighted by atomic mass is 10.5. The van der Waals surface area contributed by atoms with Crippen molar-refractivity contribution >= 4 is 21.4 Å². The molecule has 0 fully saturated rings. The molecule has 0 saturated carbocycles. The standard InChI is InChI=1S/C5H5NO2S2/c7-10(8)5-1-2-9-4(5)3-6-10/h1-2,6H,3H2. The van der Waals surface area contributed by atoms with E-state index in [4.69, 9.17) is 0 Å². The summed E-state index contributed by atoms with van der Waals surface area (Å²) in [4.78, 5) is 1.37. The van der Waals surface area contributed by atoms with Gasteiger partial charge in [-0.05, 0) is 11.4 Å². The molecule has 0 amide bonds. The summed E-state index contributed by atoms with van der Waals surface area (Å²) < 4.78 is 24.4. The smallest absolute Gasteiger partial charge is 0.207 e. The molecule has 0 aliphatic carbocycles. The summed E-state index contributed by atoms with van der Waals surface area (Å²) >= 11 is 1.47. The summed E-state index contributed by atoms with van der Waals surface area (Å²) in [5.41, 5.74) is 0. The van der Waals surface area contributed by atoms with Crippen molar-refractivity contribution in [2.45, 2.75) is 11.4 Å². The van der Waals surface area contributed by atoms with Crippen LogP contribution >= 0.6 is 11.3 Å². The fraction of sp³-hybridized carbons (Fsp3) is 0.200. The first kappa shape index (κ1) is 6.33. The van der Waals surface area contributed by atoms with E-state index in [1.165, 1.54) is 11.3 Å². The molecule has 1 N–H and O–H groups in total. The first-order chi connectivity index (χ1) is 4.70. The Morgan fingerprint density at radius 3 is 3.10 bits per heavy atom. The van der Waals surface area contributed by atoms with Gasteiger partial charge in [-0.2, -0.15) is 0 Å². The van der Waals surface area contributed by atoms with Gasteiger partial charge >= 0.3 is 0 Å². The number of hydrogen-bond acceptors (Lipinski definition) is 3. The molecule has 0 atom stereocenters. The Labute approximate surface area is 62.7 Å². The molecule has 0 unspecified atom stereocenters. The van der Waals surface area contributed by atoms with Gasteiger partial charge in [-0.1, -0.05) is 0 Å². The lowest BCUT2D eigenvalue weighted by Crippen LogP contribution is -2.13. The molecule has 0 radical (unpaired) electrons. The first-order valence-corrected chi connectivity index (χ1v) is 5.12. The molecule has 1 aliphatic rings. The SMILES string of the molecule is O=S1(=O)NCc2sccc21. The molecular weight excluding hydrogens is 170 g/mol. The molecule has 0 saturated heterocycles. The average molecular weight is 175 g/mol. The van der Waals surface area contributed by atoms with Gasteiger partial charge in [0.15, 0.2) is 0 Å². The third-order valence-corrected chi connectivity index (χ3v) is 3.95. The molecule has 1 aromatic rings. The second kappa shape index (κ2) is 1.81. The highest BCUT2D eigenvalue weighted by Crippen LogP contribution is 2.26. The van der Waals surface area contributed by atoms with Gasteiger partial charge in [-0.25, -0.2) is 13.1 Å². The molecule has 3 nitrogen and oxygen atoms in total. The van der Waals surface area contributed by atoms with Gasteiger partial charge in [-0.15, -0.1) is 11.3 Å². The summed E-state index contributed by atoms with van der Waals surface area (Å²) in [7, 11) is -3.10. The Balaban J connectivity index is 2.76. The molecule has 0 spiro atoms. The third kappa shape index (κ3) is 0.712. The van der Waals surface area contributed by atoms with Crippen LogP contribution in [-0.2, 0) is 16.6 Å². The molecule has 1 aromatic heterocycles. The summed E-state index contributed by atoms with van der Waals surface area (Å²) in [5, 5.41) is 1.79. The molecule has 2 rings (SSSR count). The summed E-state index contributed by atoms with van der Waals surface area (Å²) in [6, 6.07) is 1.63. The Kier molecular flexibility index (Phi) is 1.14. The molecular formula is C5H5NO2S2. The predicted octanol–water partition coefficient (Wildman–Crippen LogP) is 0.540. The predicted molar refractivity (Wildman–Crippen MR) is 38.3 cm³/mol. The second-order valence-electron chi connectivity index (χ2n) is 2.03. The Morgan fingerprint density at radius 2 is 2.40 bits per heavy atom. The monoisotopic (exact) mass is 175 g/mol. The van der Waals surface area contributed by atoms with Crippen LogP contribution in [0.1, 0.15) is 4.88 Å². The minimum Gasteiger partial charge on any atom is -0.207 e. The summed E-state index contributed by atoms with van der Waals surface area (Å²) in [6.07, 6.45) is 0. The zero-order valence-electron chi connectivity index (χ0n) is 4.99. The van der Waals surface area contributed by atoms with Crippen LogP contribution in [0.4, 0.5) is 0 Å². The van der Waals surface area contributed by atoms with E-state index >= 15 is 0 Å². The van der Waals surface area contributed by atoms with Crippen LogP contribution in [0.5, 0.6) is 0 Å². The van der Waals surface area contributed by atoms with Crippen LogP contribution < -0.4 is 4.72 Å². The third-order valence-electron chi connectivity index (χ3n) is 1.42. The maximum atomic E-state index is 11.0. The fourth-order valence-corrected chi connectivity index (χ4v) is 3.40. The van der Waals surface area contributed by atoms with E-state index in [0.717, 1.165) is 4.88 Å². The van der Waals surface area contributed by atoms with E-state index in [-0.39, 0.29) is 0 Å². The maximum Gasteiger partial charge on any atom is 0.242 e. The molecule has 5 heteroatoms. The Bertz CT molecular complexity index is 351. The van der Waals surface area contributed by atoms with Crippen molar-refractivity contribution in [3.05, 3.63) is 16.3 Å². The van der Waals surface area contributed by atoms with Gasteiger partial charge in [0.25, 0.3) is 0 Å². The van der Waals surface area contributed by atoms with Gasteiger partial charge in [0.1, 0.15) is 0 Å². The summed E-state index contributed by atoms with van der Waals surface area (Å²) in [6.45, 7) is 0.468. The van der Waals surface area contributed by atoms with E-state index in [2.05, 4.69) is 4.72 Å². The van der Waals surface area contributed by atoms with E-state index in [0.29, 0.717) is 11.4 Å². The van der Waals surface area contributed by atoms with E-state index in [1.54, 1.807) is 11.4 Å². The summed E-state index contributed by atoms with van der Waals surface area (Å²) in [5.74, 6) is 0. The highest BCUT2D eigenvalue weighted by Gasteiger charge is 2.25. The molecule has 2 heterocycles. The van der Waals surface area contributed by atoms with Crippen LogP contribution in [0.25, 0.3) is 0 Å². The van der Waals surface area contributed by atoms with E-state index < -0.39 is 10.0 Å². The van der Waals surface area contributed by atoms with E-state index in [1.807, 2.05) is 0 Å². The number of thiophene rings is 1. The van der Waals surface area contributed by atoms with Crippen molar-refractivity contribution in [2.75, 3.05) is 0 Å². The Hall–Kier alpha value is -0.390. The lowest BCUT2D eigenvalue weighted by Gasteiger charge is -1.88. The van der Waals surface area contributed by atoms with Crippen molar-refractivity contribution < 1.29 is 8.42 Å². The van der Waals surface area contributed by atoms with Crippen LogP contribution in [0.15, 0.2) is 16.3 Å². The fourth-order valence-electron chi connectivity index (χ4n) is 0.936. The molecule has 0 aromatic carbocycles. The van der Waals surface area contributed by atoms with E-state index in [9.17, 15) is 8.42 Å². The van der Waals surface area contributed by atoms with Crippen molar-refractivity contribution in [2.24, 2.45) is 0 Å². The minimum absolute atomic E-state index is 0.456. The molecule has 10 heavy (non-hydrogen) atoms. The largest absolute Gasteiger partial charge is 0.242 e. The number of rotatable bonds is 0. The van der Waals surface area contributed by atoms with Crippen molar-refractivity contribution in [3.63, 3.8) is 0 Å². The number of hydrogen-bond donors (Lipinski definition) is 1. The van der Waals surface area contributed by atoms with Crippen LogP contribution in [0.3, 0.4) is 0 Å². The quantitative estimate of drug-likeness (QED) is 0.625. The van der Waals surface area contributed by atoms with Gasteiger partial charge < -0.3 is 0 Å². The molecule has 1 aliphatic heterocycles. The highest BCUT2D eigenvalue weighted by atomic mass is 32.2. The van der Waals surface area contributed by atoms with Gasteiger partial charge in [-0.3, -0.25) is 0 Å². The normalized spacial score (nSPS) is 20.8.